The van der Waals surface area contributed by atoms with Crippen molar-refractivity contribution in [1.29, 1.82) is 5.26 Å². The van der Waals surface area contributed by atoms with Gasteiger partial charge in [0.25, 0.3) is 5.91 Å². The molecule has 2 aromatic heterocycles. The highest BCUT2D eigenvalue weighted by Crippen LogP contribution is 2.22. The fourth-order valence-electron chi connectivity index (χ4n) is 2.91. The van der Waals surface area contributed by atoms with E-state index in [-0.39, 0.29) is 18.0 Å². The van der Waals surface area contributed by atoms with Gasteiger partial charge in [0.1, 0.15) is 23.2 Å². The van der Waals surface area contributed by atoms with Crippen molar-refractivity contribution in [2.75, 3.05) is 5.32 Å². The molecule has 0 radical (unpaired) electrons. The largest absolute Gasteiger partial charge is 0.471 e. The summed E-state index contributed by atoms with van der Waals surface area (Å²) < 4.78 is 8.70. The Labute approximate surface area is 172 Å². The first-order valence-electron chi connectivity index (χ1n) is 9.19. The maximum absolute atomic E-state index is 12.4. The lowest BCUT2D eigenvalue weighted by Gasteiger charge is -2.08. The summed E-state index contributed by atoms with van der Waals surface area (Å²) in [5.41, 5.74) is 2.74. The average Bonchev–Trinajstić information content (AvgIpc) is 3.40. The number of amides is 1. The van der Waals surface area contributed by atoms with Crippen LogP contribution in [-0.2, 0) is 13.8 Å². The second-order valence-corrected chi connectivity index (χ2v) is 6.50. The highest BCUT2D eigenvalue weighted by Gasteiger charge is 2.15. The van der Waals surface area contributed by atoms with Crippen LogP contribution >= 0.6 is 0 Å². The smallest absolute Gasteiger partial charge is 0.277 e. The minimum Gasteiger partial charge on any atom is -0.471 e. The van der Waals surface area contributed by atoms with Crippen molar-refractivity contribution in [2.24, 2.45) is 7.05 Å². The fourth-order valence-corrected chi connectivity index (χ4v) is 2.91. The molecular weight excluding hydrogens is 380 g/mol. The van der Waals surface area contributed by atoms with E-state index < -0.39 is 5.91 Å². The molecule has 0 aliphatic carbocycles. The number of nitrogens with zero attached hydrogens (tertiary/aromatic N) is 5. The van der Waals surface area contributed by atoms with E-state index in [0.29, 0.717) is 11.6 Å². The van der Waals surface area contributed by atoms with Crippen molar-refractivity contribution in [1.82, 2.24) is 19.6 Å². The number of aryl methyl sites for hydroxylation is 1. The summed E-state index contributed by atoms with van der Waals surface area (Å²) in [7, 11) is 1.64. The molecule has 0 fully saturated rings. The molecule has 30 heavy (non-hydrogen) atoms. The summed E-state index contributed by atoms with van der Waals surface area (Å²) >= 11 is 0. The number of nitriles is 1. The number of aromatic nitrogens is 4. The summed E-state index contributed by atoms with van der Waals surface area (Å²) in [6.07, 6.45) is 3.05. The predicted octanol–water partition coefficient (Wildman–Crippen LogP) is 3.44. The van der Waals surface area contributed by atoms with Crippen LogP contribution in [0, 0.1) is 11.3 Å². The van der Waals surface area contributed by atoms with Gasteiger partial charge in [-0.2, -0.15) is 15.5 Å². The molecule has 1 N–H and O–H groups in total. The van der Waals surface area contributed by atoms with Crippen molar-refractivity contribution < 1.29 is 9.53 Å². The zero-order chi connectivity index (χ0) is 20.9. The molecule has 148 valence electrons. The molecule has 4 aromatic rings. The first-order chi connectivity index (χ1) is 14.6. The maximum Gasteiger partial charge on any atom is 0.277 e. The zero-order valence-corrected chi connectivity index (χ0v) is 16.2. The standard InChI is InChI=1S/C22H18N6O2/c1-27-21(18(13-23)14-24-27)25-22(29)20-11-12-28(26-20)15-30-19-9-7-17(8-10-19)16-5-3-2-4-6-16/h2-12,14H,15H2,1H3,(H,25,29). The number of anilines is 1. The Morgan fingerprint density at radius 2 is 1.83 bits per heavy atom. The Morgan fingerprint density at radius 1 is 1.10 bits per heavy atom. The first kappa shape index (κ1) is 19.0. The molecule has 8 nitrogen and oxygen atoms in total. The molecule has 2 heterocycles. The summed E-state index contributed by atoms with van der Waals surface area (Å²) in [5.74, 6) is 0.595. The minimum absolute atomic E-state index is 0.160. The predicted molar refractivity (Wildman–Crippen MR) is 111 cm³/mol. The number of nitrogens with one attached hydrogen (secondary N) is 1. The molecule has 1 amide bonds. The quantitative estimate of drug-likeness (QED) is 0.536. The molecule has 0 saturated carbocycles. The van der Waals surface area contributed by atoms with Gasteiger partial charge in [-0.15, -0.1) is 0 Å². The Kier molecular flexibility index (Phi) is 5.26. The van der Waals surface area contributed by atoms with Gasteiger partial charge in [-0.1, -0.05) is 42.5 Å². The van der Waals surface area contributed by atoms with Gasteiger partial charge < -0.3 is 10.1 Å². The fraction of sp³-hybridized carbons (Fsp3) is 0.0909. The van der Waals surface area contributed by atoms with E-state index in [1.165, 1.54) is 15.6 Å². The third-order valence-electron chi connectivity index (χ3n) is 4.49. The van der Waals surface area contributed by atoms with Crippen LogP contribution in [0.5, 0.6) is 5.75 Å². The third kappa shape index (κ3) is 4.05. The van der Waals surface area contributed by atoms with Crippen LogP contribution in [0.3, 0.4) is 0 Å². The van der Waals surface area contributed by atoms with Crippen LogP contribution in [0.1, 0.15) is 16.1 Å². The van der Waals surface area contributed by atoms with Gasteiger partial charge in [0, 0.05) is 13.2 Å². The highest BCUT2D eigenvalue weighted by molar-refractivity contribution is 6.02. The molecule has 0 unspecified atom stereocenters. The van der Waals surface area contributed by atoms with E-state index in [0.717, 1.165) is 11.1 Å². The van der Waals surface area contributed by atoms with E-state index >= 15 is 0 Å². The van der Waals surface area contributed by atoms with E-state index in [1.54, 1.807) is 19.3 Å². The van der Waals surface area contributed by atoms with Crippen LogP contribution in [0.15, 0.2) is 73.1 Å². The third-order valence-corrected chi connectivity index (χ3v) is 4.49. The molecule has 0 bridgehead atoms. The molecule has 0 aliphatic rings. The summed E-state index contributed by atoms with van der Waals surface area (Å²) in [4.78, 5) is 12.4. The molecular formula is C22H18N6O2. The van der Waals surface area contributed by atoms with E-state index in [4.69, 9.17) is 10.00 Å². The SMILES string of the molecule is Cn1ncc(C#N)c1NC(=O)c1ccn(COc2ccc(-c3ccccc3)cc2)n1. The van der Waals surface area contributed by atoms with Crippen LogP contribution in [-0.4, -0.2) is 25.5 Å². The molecule has 0 saturated heterocycles. The Bertz CT molecular complexity index is 1200. The molecule has 8 heteroatoms. The topological polar surface area (TPSA) is 97.8 Å². The van der Waals surface area contributed by atoms with E-state index in [9.17, 15) is 4.79 Å². The number of benzene rings is 2. The van der Waals surface area contributed by atoms with Gasteiger partial charge in [-0.25, -0.2) is 4.68 Å². The van der Waals surface area contributed by atoms with Gasteiger partial charge in [0.2, 0.25) is 0 Å². The number of hydrogen-bond acceptors (Lipinski definition) is 5. The van der Waals surface area contributed by atoms with Gasteiger partial charge in [-0.05, 0) is 29.3 Å². The molecule has 0 aliphatic heterocycles. The molecule has 0 atom stereocenters. The number of ether oxygens (including phenoxy) is 1. The van der Waals surface area contributed by atoms with Crippen LogP contribution in [0.4, 0.5) is 5.82 Å². The Hall–Kier alpha value is -4.38. The molecule has 0 spiro atoms. The lowest BCUT2D eigenvalue weighted by atomic mass is 10.1. The van der Waals surface area contributed by atoms with Gasteiger partial charge in [-0.3, -0.25) is 9.48 Å². The van der Waals surface area contributed by atoms with Crippen LogP contribution in [0.25, 0.3) is 11.1 Å². The number of carbonyl (C=O) groups is 1. The molecule has 4 rings (SSSR count). The lowest BCUT2D eigenvalue weighted by molar-refractivity contribution is 0.101. The number of carbonyl (C=O) groups excluding carboxylic acids is 1. The maximum atomic E-state index is 12.4. The van der Waals surface area contributed by atoms with E-state index in [2.05, 4.69) is 27.6 Å². The Morgan fingerprint density at radius 3 is 2.57 bits per heavy atom. The number of rotatable bonds is 6. The summed E-state index contributed by atoms with van der Waals surface area (Å²) in [6.45, 7) is 0.160. The first-order valence-corrected chi connectivity index (χ1v) is 9.19. The van der Waals surface area contributed by atoms with Crippen molar-refractivity contribution in [3.63, 3.8) is 0 Å². The average molecular weight is 398 g/mol. The summed E-state index contributed by atoms with van der Waals surface area (Å²) in [6, 6.07) is 21.4. The van der Waals surface area contributed by atoms with Crippen LogP contribution in [0.2, 0.25) is 0 Å². The monoisotopic (exact) mass is 398 g/mol. The van der Waals surface area contributed by atoms with Crippen molar-refractivity contribution in [2.45, 2.75) is 6.73 Å². The van der Waals surface area contributed by atoms with Crippen LogP contribution < -0.4 is 10.1 Å². The zero-order valence-electron chi connectivity index (χ0n) is 16.2. The second-order valence-electron chi connectivity index (χ2n) is 6.50. The summed E-state index contributed by atoms with van der Waals surface area (Å²) in [5, 5.41) is 19.9. The molecule has 2 aromatic carbocycles. The number of hydrogen-bond donors (Lipinski definition) is 1. The van der Waals surface area contributed by atoms with Crippen molar-refractivity contribution in [3.8, 4) is 22.9 Å². The van der Waals surface area contributed by atoms with Gasteiger partial charge >= 0.3 is 0 Å². The Balaban J connectivity index is 1.37. The normalized spacial score (nSPS) is 10.4. The van der Waals surface area contributed by atoms with Gasteiger partial charge in [0.05, 0.1) is 6.20 Å². The van der Waals surface area contributed by atoms with Crippen molar-refractivity contribution >= 4 is 11.7 Å². The second kappa shape index (κ2) is 8.32. The minimum atomic E-state index is -0.430. The van der Waals surface area contributed by atoms with Gasteiger partial charge in [0.15, 0.2) is 12.4 Å². The lowest BCUT2D eigenvalue weighted by Crippen LogP contribution is -2.17. The van der Waals surface area contributed by atoms with E-state index in [1.807, 2.05) is 48.5 Å². The highest BCUT2D eigenvalue weighted by atomic mass is 16.5. The van der Waals surface area contributed by atoms with Crippen molar-refractivity contribution in [3.05, 3.63) is 84.3 Å².